The molecule has 2 bridgehead atoms. The van der Waals surface area contributed by atoms with Crippen molar-refractivity contribution in [3.8, 4) is 0 Å². The van der Waals surface area contributed by atoms with Gasteiger partial charge in [-0.2, -0.15) is 0 Å². The van der Waals surface area contributed by atoms with Crippen molar-refractivity contribution in [2.75, 3.05) is 6.61 Å². The van der Waals surface area contributed by atoms with Crippen LogP contribution in [0.1, 0.15) is 25.3 Å². The maximum absolute atomic E-state index is 12.5. The number of rotatable bonds is 4. The minimum atomic E-state index is -0.647. The summed E-state index contributed by atoms with van der Waals surface area (Å²) in [5.74, 6) is -0.470. The van der Waals surface area contributed by atoms with Gasteiger partial charge in [0.15, 0.2) is 0 Å². The number of hydrogen-bond donors (Lipinski definition) is 1. The van der Waals surface area contributed by atoms with E-state index >= 15 is 0 Å². The average molecular weight is 319 g/mol. The minimum Gasteiger partial charge on any atom is -0.464 e. The van der Waals surface area contributed by atoms with Crippen LogP contribution in [0, 0.1) is 5.92 Å². The molecule has 0 unspecified atom stereocenters. The summed E-state index contributed by atoms with van der Waals surface area (Å²) in [4.78, 5) is 26.0. The Balaban J connectivity index is 1.70. The van der Waals surface area contributed by atoms with Gasteiger partial charge in [-0.3, -0.25) is 4.90 Å². The smallest absolute Gasteiger partial charge is 0.411 e. The van der Waals surface area contributed by atoms with Crippen LogP contribution in [0.3, 0.4) is 0 Å². The Labute approximate surface area is 135 Å². The van der Waals surface area contributed by atoms with Crippen molar-refractivity contribution in [1.82, 2.24) is 4.90 Å². The highest BCUT2D eigenvalue weighted by atomic mass is 16.6. The van der Waals surface area contributed by atoms with E-state index in [1.54, 1.807) is 6.92 Å². The van der Waals surface area contributed by atoms with Crippen LogP contribution in [-0.2, 0) is 20.9 Å². The zero-order valence-electron chi connectivity index (χ0n) is 13.1. The largest absolute Gasteiger partial charge is 0.464 e. The van der Waals surface area contributed by atoms with E-state index in [0.29, 0.717) is 12.8 Å². The molecule has 3 rings (SSSR count). The van der Waals surface area contributed by atoms with Crippen LogP contribution >= 0.6 is 0 Å². The zero-order chi connectivity index (χ0) is 16.4. The number of esters is 1. The van der Waals surface area contributed by atoms with Crippen LogP contribution in [-0.4, -0.2) is 46.9 Å². The van der Waals surface area contributed by atoms with E-state index in [4.69, 9.17) is 9.47 Å². The molecule has 0 radical (unpaired) electrons. The lowest BCUT2D eigenvalue weighted by atomic mass is 9.98. The van der Waals surface area contributed by atoms with E-state index in [9.17, 15) is 14.7 Å². The van der Waals surface area contributed by atoms with E-state index in [0.717, 1.165) is 5.56 Å². The van der Waals surface area contributed by atoms with Gasteiger partial charge in [-0.05, 0) is 31.2 Å². The van der Waals surface area contributed by atoms with Gasteiger partial charge in [0.25, 0.3) is 0 Å². The molecule has 1 aliphatic heterocycles. The molecule has 1 N–H and O–H groups in total. The summed E-state index contributed by atoms with van der Waals surface area (Å²) < 4.78 is 10.4. The Kier molecular flexibility index (Phi) is 4.52. The summed E-state index contributed by atoms with van der Waals surface area (Å²) in [6.07, 6.45) is -0.0325. The number of ether oxygens (including phenoxy) is 2. The average Bonchev–Trinajstić information content (AvgIpc) is 3.10. The molecular weight excluding hydrogens is 298 g/mol. The van der Waals surface area contributed by atoms with Gasteiger partial charge in [-0.1, -0.05) is 30.3 Å². The number of nitrogens with zero attached hydrogens (tertiary/aromatic N) is 1. The van der Waals surface area contributed by atoms with E-state index in [-0.39, 0.29) is 25.2 Å². The molecule has 1 heterocycles. The van der Waals surface area contributed by atoms with Gasteiger partial charge in [0, 0.05) is 0 Å². The van der Waals surface area contributed by atoms with Crippen molar-refractivity contribution in [2.24, 2.45) is 5.92 Å². The van der Waals surface area contributed by atoms with Crippen molar-refractivity contribution in [3.05, 3.63) is 35.9 Å². The standard InChI is InChI=1S/C17H21NO5/c1-2-22-16(20)15-12-8-13(14(19)9-12)18(15)17(21)23-10-11-6-4-3-5-7-11/h3-7,12-15,19H,2,8-10H2,1H3/t12-,13+,14+,15+/m1/s1. The highest BCUT2D eigenvalue weighted by molar-refractivity contribution is 5.83. The molecule has 6 heteroatoms. The van der Waals surface area contributed by atoms with Gasteiger partial charge in [-0.15, -0.1) is 0 Å². The van der Waals surface area contributed by atoms with Crippen LogP contribution in [0.5, 0.6) is 0 Å². The van der Waals surface area contributed by atoms with Crippen LogP contribution in [0.25, 0.3) is 0 Å². The second-order valence-electron chi connectivity index (χ2n) is 6.01. The van der Waals surface area contributed by atoms with Gasteiger partial charge in [-0.25, -0.2) is 9.59 Å². The quantitative estimate of drug-likeness (QED) is 0.855. The number of carbonyl (C=O) groups excluding carboxylic acids is 2. The molecule has 4 atom stereocenters. The summed E-state index contributed by atoms with van der Waals surface area (Å²) in [7, 11) is 0. The number of likely N-dealkylation sites (tertiary alicyclic amines) is 1. The number of piperidine rings is 1. The highest BCUT2D eigenvalue weighted by Crippen LogP contribution is 2.43. The van der Waals surface area contributed by atoms with Gasteiger partial charge < -0.3 is 14.6 Å². The molecule has 2 fully saturated rings. The predicted molar refractivity (Wildman–Crippen MR) is 81.4 cm³/mol. The first-order chi connectivity index (χ1) is 11.1. The van der Waals surface area contributed by atoms with Crippen LogP contribution in [0.2, 0.25) is 0 Å². The van der Waals surface area contributed by atoms with E-state index in [2.05, 4.69) is 0 Å². The third-order valence-corrected chi connectivity index (χ3v) is 4.58. The highest BCUT2D eigenvalue weighted by Gasteiger charge is 2.56. The molecular formula is C17H21NO5. The summed E-state index contributed by atoms with van der Waals surface area (Å²) in [6.45, 7) is 2.14. The van der Waals surface area contributed by atoms with Gasteiger partial charge in [0.2, 0.25) is 0 Å². The van der Waals surface area contributed by atoms with Crippen LogP contribution < -0.4 is 0 Å². The third-order valence-electron chi connectivity index (χ3n) is 4.58. The first-order valence-corrected chi connectivity index (χ1v) is 7.95. The summed E-state index contributed by atoms with van der Waals surface area (Å²) in [5, 5.41) is 10.1. The maximum atomic E-state index is 12.5. The second kappa shape index (κ2) is 6.58. The van der Waals surface area contributed by atoms with Crippen molar-refractivity contribution >= 4 is 12.1 Å². The monoisotopic (exact) mass is 319 g/mol. The Morgan fingerprint density at radius 1 is 1.22 bits per heavy atom. The Morgan fingerprint density at radius 3 is 2.65 bits per heavy atom. The topological polar surface area (TPSA) is 76.1 Å². The van der Waals surface area contributed by atoms with Gasteiger partial charge >= 0.3 is 12.1 Å². The lowest BCUT2D eigenvalue weighted by Crippen LogP contribution is -2.54. The van der Waals surface area contributed by atoms with Gasteiger partial charge in [0.1, 0.15) is 12.6 Å². The summed E-state index contributed by atoms with van der Waals surface area (Å²) in [5.41, 5.74) is 0.874. The fraction of sp³-hybridized carbons (Fsp3) is 0.529. The molecule has 1 amide bonds. The molecule has 1 aliphatic carbocycles. The Bertz CT molecular complexity index is 576. The first kappa shape index (κ1) is 15.8. The number of amides is 1. The van der Waals surface area contributed by atoms with Crippen molar-refractivity contribution in [3.63, 3.8) is 0 Å². The molecule has 23 heavy (non-hydrogen) atoms. The number of fused-ring (bicyclic) bond motifs is 2. The second-order valence-corrected chi connectivity index (χ2v) is 6.01. The maximum Gasteiger partial charge on any atom is 0.411 e. The lowest BCUT2D eigenvalue weighted by molar-refractivity contribution is -0.151. The molecule has 1 saturated heterocycles. The summed E-state index contributed by atoms with van der Waals surface area (Å²) >= 11 is 0. The lowest BCUT2D eigenvalue weighted by Gasteiger charge is -2.35. The zero-order valence-corrected chi connectivity index (χ0v) is 13.1. The number of hydrogen-bond acceptors (Lipinski definition) is 5. The van der Waals surface area contributed by atoms with Crippen molar-refractivity contribution < 1.29 is 24.2 Å². The molecule has 1 saturated carbocycles. The van der Waals surface area contributed by atoms with Crippen LogP contribution in [0.15, 0.2) is 30.3 Å². The molecule has 124 valence electrons. The fourth-order valence-corrected chi connectivity index (χ4v) is 3.60. The first-order valence-electron chi connectivity index (χ1n) is 7.95. The van der Waals surface area contributed by atoms with Crippen molar-refractivity contribution in [1.29, 1.82) is 0 Å². The Hall–Kier alpha value is -2.08. The molecule has 0 spiro atoms. The van der Waals surface area contributed by atoms with E-state index in [1.807, 2.05) is 30.3 Å². The molecule has 1 aromatic carbocycles. The Morgan fingerprint density at radius 2 is 1.96 bits per heavy atom. The molecule has 1 aromatic rings. The van der Waals surface area contributed by atoms with Crippen molar-refractivity contribution in [2.45, 2.75) is 44.6 Å². The van der Waals surface area contributed by atoms with E-state index in [1.165, 1.54) is 4.90 Å². The molecule has 0 aromatic heterocycles. The predicted octanol–water partition coefficient (Wildman–Crippen LogP) is 1.71. The van der Waals surface area contributed by atoms with E-state index < -0.39 is 24.2 Å². The fourth-order valence-electron chi connectivity index (χ4n) is 3.60. The van der Waals surface area contributed by atoms with Gasteiger partial charge in [0.05, 0.1) is 18.8 Å². The number of carbonyl (C=O) groups is 2. The number of aliphatic hydroxyl groups is 1. The normalized spacial score (nSPS) is 28.7. The molecule has 6 nitrogen and oxygen atoms in total. The number of benzene rings is 1. The summed E-state index contributed by atoms with van der Waals surface area (Å²) in [6, 6.07) is 8.34. The minimum absolute atomic E-state index is 0.0571. The van der Waals surface area contributed by atoms with Crippen LogP contribution in [0.4, 0.5) is 4.79 Å². The third kappa shape index (κ3) is 3.03. The SMILES string of the molecule is CCOC(=O)[C@@H]1[C@H]2C[C@H](O)[C@H](C2)N1C(=O)OCc1ccccc1. The molecule has 2 aliphatic rings. The number of aliphatic hydroxyl groups excluding tert-OH is 1.